The van der Waals surface area contributed by atoms with E-state index in [1.807, 2.05) is 0 Å². The fourth-order valence-corrected chi connectivity index (χ4v) is 5.64. The number of halogens is 2. The molecule has 4 rings (SSSR count). The number of nitrogens with one attached hydrogen (secondary N) is 2. The van der Waals surface area contributed by atoms with E-state index >= 15 is 0 Å². The maximum atomic E-state index is 14.0. The van der Waals surface area contributed by atoms with E-state index in [1.165, 1.54) is 36.8 Å². The van der Waals surface area contributed by atoms with Crippen molar-refractivity contribution in [3.8, 4) is 11.5 Å². The number of carbonyl (C=O) groups excluding carboxylic acids is 3. The summed E-state index contributed by atoms with van der Waals surface area (Å²) in [7, 11) is 1.44. The van der Waals surface area contributed by atoms with Gasteiger partial charge in [-0.25, -0.2) is 14.6 Å². The number of aryl methyl sites for hydroxylation is 1. The quantitative estimate of drug-likeness (QED) is 0.152. The normalized spacial score (nSPS) is 12.5. The number of carbonyl (C=O) groups is 3. The minimum atomic E-state index is -1.01. The predicted octanol–water partition coefficient (Wildman–Crippen LogP) is 5.27. The Balaban J connectivity index is 1.38. The van der Waals surface area contributed by atoms with E-state index in [-0.39, 0.29) is 23.8 Å². The molecule has 9 nitrogen and oxygen atoms in total. The van der Waals surface area contributed by atoms with E-state index < -0.39 is 23.6 Å². The van der Waals surface area contributed by atoms with Crippen LogP contribution in [-0.4, -0.2) is 37.7 Å². The molecule has 0 spiro atoms. The minimum Gasteiger partial charge on any atom is -0.493 e. The molecule has 1 aliphatic rings. The molecule has 1 aromatic heterocycles. The summed E-state index contributed by atoms with van der Waals surface area (Å²) in [4.78, 5) is 38.6. The van der Waals surface area contributed by atoms with Crippen LogP contribution in [0.15, 0.2) is 41.5 Å². The van der Waals surface area contributed by atoms with Crippen molar-refractivity contribution in [2.45, 2.75) is 39.2 Å². The second-order valence-corrected chi connectivity index (χ2v) is 10.2. The molecule has 0 saturated carbocycles. The van der Waals surface area contributed by atoms with E-state index in [1.54, 1.807) is 31.2 Å². The number of methoxy groups -OCH3 is 1. The Morgan fingerprint density at radius 2 is 1.93 bits per heavy atom. The van der Waals surface area contributed by atoms with Gasteiger partial charge in [0.25, 0.3) is 0 Å². The molecule has 210 valence electrons. The Morgan fingerprint density at radius 1 is 1.12 bits per heavy atom. The van der Waals surface area contributed by atoms with E-state index in [0.717, 1.165) is 36.1 Å². The van der Waals surface area contributed by atoms with Crippen molar-refractivity contribution < 1.29 is 33.0 Å². The lowest BCUT2D eigenvalue weighted by Crippen LogP contribution is -2.32. The molecular weight excluding hydrogens is 561 g/mol. The molecule has 12 heteroatoms. The van der Waals surface area contributed by atoms with Crippen LogP contribution < -0.4 is 20.2 Å². The van der Waals surface area contributed by atoms with Gasteiger partial charge in [0.05, 0.1) is 30.5 Å². The SMILES string of the molecule is CCOC(=O)c1c(NC(=O)C(=O)N/N=C/c2ccc(OCc3c(F)cccc3Cl)c(OC)c2)sc2c1CCCC2. The largest absolute Gasteiger partial charge is 0.493 e. The van der Waals surface area contributed by atoms with Crippen LogP contribution in [0.5, 0.6) is 11.5 Å². The molecule has 0 fully saturated rings. The molecule has 0 saturated heterocycles. The molecule has 3 aromatic rings. The van der Waals surface area contributed by atoms with Crippen LogP contribution in [0.3, 0.4) is 0 Å². The van der Waals surface area contributed by atoms with Gasteiger partial charge in [-0.05, 0) is 74.1 Å². The van der Waals surface area contributed by atoms with Gasteiger partial charge in [-0.1, -0.05) is 17.7 Å². The third-order valence-electron chi connectivity index (χ3n) is 6.09. The van der Waals surface area contributed by atoms with Crippen molar-refractivity contribution in [2.24, 2.45) is 5.10 Å². The van der Waals surface area contributed by atoms with Crippen LogP contribution in [0.4, 0.5) is 9.39 Å². The molecule has 2 amide bonds. The molecule has 0 bridgehead atoms. The third kappa shape index (κ3) is 6.78. The van der Waals surface area contributed by atoms with Gasteiger partial charge >= 0.3 is 17.8 Å². The molecule has 0 radical (unpaired) electrons. The van der Waals surface area contributed by atoms with Crippen molar-refractivity contribution in [3.05, 3.63) is 74.4 Å². The zero-order valence-corrected chi connectivity index (χ0v) is 23.4. The van der Waals surface area contributed by atoms with E-state index in [2.05, 4.69) is 15.8 Å². The average Bonchev–Trinajstić information content (AvgIpc) is 3.31. The molecule has 1 aliphatic carbocycles. The molecule has 2 aromatic carbocycles. The van der Waals surface area contributed by atoms with Crippen LogP contribution in [0, 0.1) is 5.82 Å². The standard InChI is InChI=1S/C28H27ClFN3O6S/c1-3-38-28(36)24-17-7-4-5-10-23(17)40-27(24)32-25(34)26(35)33-31-14-16-11-12-21(22(13-16)37-2)39-15-18-19(29)8-6-9-20(18)30/h6,8-9,11-14H,3-5,7,10,15H2,1-2H3,(H,32,34)(H,33,35)/b31-14+. The number of benzene rings is 2. The van der Waals surface area contributed by atoms with Gasteiger partial charge in [0.1, 0.15) is 17.4 Å². The first-order valence-corrected chi connectivity index (χ1v) is 13.7. The fourth-order valence-electron chi connectivity index (χ4n) is 4.15. The van der Waals surface area contributed by atoms with Gasteiger partial charge in [-0.2, -0.15) is 5.10 Å². The van der Waals surface area contributed by atoms with Crippen molar-refractivity contribution in [2.75, 3.05) is 19.0 Å². The number of amides is 2. The predicted molar refractivity (Wildman–Crippen MR) is 150 cm³/mol. The highest BCUT2D eigenvalue weighted by atomic mass is 35.5. The highest BCUT2D eigenvalue weighted by Crippen LogP contribution is 2.38. The highest BCUT2D eigenvalue weighted by molar-refractivity contribution is 7.17. The summed E-state index contributed by atoms with van der Waals surface area (Å²) < 4.78 is 30.2. The monoisotopic (exact) mass is 587 g/mol. The minimum absolute atomic E-state index is 0.106. The number of esters is 1. The lowest BCUT2D eigenvalue weighted by atomic mass is 9.95. The molecule has 40 heavy (non-hydrogen) atoms. The van der Waals surface area contributed by atoms with Crippen molar-refractivity contribution in [1.82, 2.24) is 5.43 Å². The van der Waals surface area contributed by atoms with Crippen LogP contribution >= 0.6 is 22.9 Å². The lowest BCUT2D eigenvalue weighted by molar-refractivity contribution is -0.136. The van der Waals surface area contributed by atoms with Crippen LogP contribution in [0.2, 0.25) is 5.02 Å². The van der Waals surface area contributed by atoms with Gasteiger partial charge in [-0.15, -0.1) is 11.3 Å². The Kier molecular flexibility index (Phi) is 9.73. The second kappa shape index (κ2) is 13.4. The number of hydrazone groups is 1. The van der Waals surface area contributed by atoms with Crippen molar-refractivity contribution >= 4 is 51.9 Å². The molecule has 1 heterocycles. The summed E-state index contributed by atoms with van der Waals surface area (Å²) in [5.41, 5.74) is 4.12. The first-order valence-electron chi connectivity index (χ1n) is 12.5. The van der Waals surface area contributed by atoms with Gasteiger partial charge in [0.15, 0.2) is 11.5 Å². The van der Waals surface area contributed by atoms with Gasteiger partial charge in [-0.3, -0.25) is 9.59 Å². The number of nitrogens with zero attached hydrogens (tertiary/aromatic N) is 1. The zero-order valence-electron chi connectivity index (χ0n) is 21.8. The second-order valence-electron chi connectivity index (χ2n) is 8.69. The Morgan fingerprint density at radius 3 is 2.67 bits per heavy atom. The molecule has 2 N–H and O–H groups in total. The molecule has 0 atom stereocenters. The average molecular weight is 588 g/mol. The van der Waals surface area contributed by atoms with E-state index in [9.17, 15) is 18.8 Å². The fraction of sp³-hybridized carbons (Fsp3) is 0.286. The first kappa shape index (κ1) is 29.0. The van der Waals surface area contributed by atoms with Crippen molar-refractivity contribution in [1.29, 1.82) is 0 Å². The summed E-state index contributed by atoms with van der Waals surface area (Å²) in [6.45, 7) is 1.80. The Bertz CT molecular complexity index is 1440. The Hall–Kier alpha value is -3.96. The van der Waals surface area contributed by atoms with Gasteiger partial charge in [0.2, 0.25) is 0 Å². The topological polar surface area (TPSA) is 115 Å². The number of ether oxygens (including phenoxy) is 3. The highest BCUT2D eigenvalue weighted by Gasteiger charge is 2.28. The number of thiophene rings is 1. The summed E-state index contributed by atoms with van der Waals surface area (Å²) >= 11 is 7.34. The summed E-state index contributed by atoms with van der Waals surface area (Å²) in [6.07, 6.45) is 4.78. The molecule has 0 unspecified atom stereocenters. The van der Waals surface area contributed by atoms with Gasteiger partial charge in [0, 0.05) is 10.4 Å². The number of hydrogen-bond acceptors (Lipinski definition) is 8. The summed E-state index contributed by atoms with van der Waals surface area (Å²) in [6, 6.07) is 9.20. The smallest absolute Gasteiger partial charge is 0.341 e. The van der Waals surface area contributed by atoms with E-state index in [4.69, 9.17) is 25.8 Å². The zero-order chi connectivity index (χ0) is 28.6. The Labute approximate surface area is 239 Å². The summed E-state index contributed by atoms with van der Waals surface area (Å²) in [5, 5.41) is 6.92. The number of fused-ring (bicyclic) bond motifs is 1. The van der Waals surface area contributed by atoms with Crippen LogP contribution in [-0.2, 0) is 33.8 Å². The maximum Gasteiger partial charge on any atom is 0.341 e. The number of anilines is 1. The lowest BCUT2D eigenvalue weighted by Gasteiger charge is -2.12. The van der Waals surface area contributed by atoms with Crippen LogP contribution in [0.25, 0.3) is 0 Å². The summed E-state index contributed by atoms with van der Waals surface area (Å²) in [5.74, 6) is -2.28. The van der Waals surface area contributed by atoms with E-state index in [0.29, 0.717) is 27.6 Å². The number of rotatable bonds is 9. The van der Waals surface area contributed by atoms with Crippen molar-refractivity contribution in [3.63, 3.8) is 0 Å². The maximum absolute atomic E-state index is 14.0. The molecule has 0 aliphatic heterocycles. The first-order chi connectivity index (χ1) is 19.3. The molecular formula is C28H27ClFN3O6S. The van der Waals surface area contributed by atoms with Crippen LogP contribution in [0.1, 0.15) is 51.7 Å². The number of hydrogen-bond donors (Lipinski definition) is 2. The third-order valence-corrected chi connectivity index (χ3v) is 7.65. The van der Waals surface area contributed by atoms with Gasteiger partial charge < -0.3 is 19.5 Å².